The van der Waals surface area contributed by atoms with E-state index >= 15 is 0 Å². The molecule has 0 bridgehead atoms. The molecule has 0 aliphatic carbocycles. The molecule has 1 aromatic heterocycles. The summed E-state index contributed by atoms with van der Waals surface area (Å²) < 4.78 is 2.31. The summed E-state index contributed by atoms with van der Waals surface area (Å²) >= 11 is 5.82. The smallest absolute Gasteiger partial charge is 0.111 e. The highest BCUT2D eigenvalue weighted by molar-refractivity contribution is 6.17. The minimum Gasteiger partial charge on any atom is -0.328 e. The highest BCUT2D eigenvalue weighted by Gasteiger charge is 2.08. The van der Waals surface area contributed by atoms with E-state index in [1.54, 1.807) is 0 Å². The molecule has 0 saturated heterocycles. The van der Waals surface area contributed by atoms with Gasteiger partial charge in [0.2, 0.25) is 0 Å². The number of fused-ring (bicyclic) bond motifs is 1. The van der Waals surface area contributed by atoms with Gasteiger partial charge in [0.1, 0.15) is 5.82 Å². The summed E-state index contributed by atoms with van der Waals surface area (Å²) in [6, 6.07) is 8.30. The Bertz CT molecular complexity index is 462. The number of hydrogen-bond donors (Lipinski definition) is 0. The van der Waals surface area contributed by atoms with Crippen molar-refractivity contribution in [3.05, 3.63) is 30.1 Å². The second-order valence-electron chi connectivity index (χ2n) is 3.96. The lowest BCUT2D eigenvalue weighted by Crippen LogP contribution is -2.04. The van der Waals surface area contributed by atoms with Crippen molar-refractivity contribution >= 4 is 22.6 Å². The Morgan fingerprint density at radius 3 is 2.88 bits per heavy atom. The van der Waals surface area contributed by atoms with Crippen LogP contribution in [0.5, 0.6) is 0 Å². The number of alkyl halides is 1. The molecule has 0 radical (unpaired) electrons. The van der Waals surface area contributed by atoms with Gasteiger partial charge in [0.25, 0.3) is 0 Å². The minimum atomic E-state index is 0.634. The third-order valence-corrected chi connectivity index (χ3v) is 2.98. The van der Waals surface area contributed by atoms with E-state index in [2.05, 4.69) is 34.7 Å². The molecule has 0 saturated carbocycles. The van der Waals surface area contributed by atoms with Crippen LogP contribution >= 0.6 is 11.6 Å². The summed E-state index contributed by atoms with van der Waals surface area (Å²) in [4.78, 5) is 4.63. The molecule has 0 amide bonds. The molecule has 86 valence electrons. The van der Waals surface area contributed by atoms with E-state index in [1.165, 1.54) is 18.4 Å². The maximum Gasteiger partial charge on any atom is 0.111 e. The predicted molar refractivity (Wildman–Crippen MR) is 69.1 cm³/mol. The largest absolute Gasteiger partial charge is 0.328 e. The Hall–Kier alpha value is -1.02. The second kappa shape index (κ2) is 5.35. The number of nitrogens with zero attached hydrogens (tertiary/aromatic N) is 2. The van der Waals surface area contributed by atoms with Crippen LogP contribution in [-0.4, -0.2) is 15.4 Å². The number of hydrogen-bond acceptors (Lipinski definition) is 1. The molecule has 0 aliphatic heterocycles. The molecule has 0 N–H and O–H groups in total. The fraction of sp³-hybridized carbons (Fsp3) is 0.462. The SMILES string of the molecule is CCCCn1c(CCCl)nc2ccccc21. The quantitative estimate of drug-likeness (QED) is 0.725. The monoisotopic (exact) mass is 236 g/mol. The summed E-state index contributed by atoms with van der Waals surface area (Å²) in [5, 5.41) is 0. The van der Waals surface area contributed by atoms with E-state index in [1.807, 2.05) is 6.07 Å². The van der Waals surface area contributed by atoms with Gasteiger partial charge in [-0.15, -0.1) is 11.6 Å². The van der Waals surface area contributed by atoms with Crippen molar-refractivity contribution in [2.24, 2.45) is 0 Å². The number of unbranched alkanes of at least 4 members (excludes halogenated alkanes) is 1. The van der Waals surface area contributed by atoms with Gasteiger partial charge in [-0.1, -0.05) is 25.5 Å². The van der Waals surface area contributed by atoms with Crippen LogP contribution in [-0.2, 0) is 13.0 Å². The van der Waals surface area contributed by atoms with Gasteiger partial charge in [-0.05, 0) is 18.6 Å². The summed E-state index contributed by atoms with van der Waals surface area (Å²) in [5.74, 6) is 1.75. The van der Waals surface area contributed by atoms with Gasteiger partial charge >= 0.3 is 0 Å². The fourth-order valence-corrected chi connectivity index (χ4v) is 2.14. The van der Waals surface area contributed by atoms with Crippen LogP contribution in [0.3, 0.4) is 0 Å². The standard InChI is InChI=1S/C13H17ClN2/c1-2-3-10-16-12-7-5-4-6-11(12)15-13(16)8-9-14/h4-7H,2-3,8-10H2,1H3. The topological polar surface area (TPSA) is 17.8 Å². The van der Waals surface area contributed by atoms with E-state index in [-0.39, 0.29) is 0 Å². The first-order valence-corrected chi connectivity index (χ1v) is 6.40. The van der Waals surface area contributed by atoms with Crippen molar-refractivity contribution < 1.29 is 0 Å². The molecule has 0 unspecified atom stereocenters. The summed E-state index contributed by atoms with van der Waals surface area (Å²) in [6.45, 7) is 3.25. The summed E-state index contributed by atoms with van der Waals surface area (Å²) in [6.07, 6.45) is 3.24. The normalized spacial score (nSPS) is 11.1. The second-order valence-corrected chi connectivity index (χ2v) is 4.34. The first-order valence-electron chi connectivity index (χ1n) is 5.87. The molecule has 1 aromatic carbocycles. The zero-order valence-corrected chi connectivity index (χ0v) is 10.4. The van der Waals surface area contributed by atoms with E-state index < -0.39 is 0 Å². The van der Waals surface area contributed by atoms with E-state index in [9.17, 15) is 0 Å². The molecule has 1 heterocycles. The van der Waals surface area contributed by atoms with Gasteiger partial charge in [0.15, 0.2) is 0 Å². The van der Waals surface area contributed by atoms with Gasteiger partial charge in [-0.25, -0.2) is 4.98 Å². The first kappa shape index (κ1) is 11.5. The molecular weight excluding hydrogens is 220 g/mol. The Kier molecular flexibility index (Phi) is 3.83. The molecule has 0 atom stereocenters. The molecule has 0 spiro atoms. The van der Waals surface area contributed by atoms with Gasteiger partial charge in [-0.3, -0.25) is 0 Å². The number of halogens is 1. The average molecular weight is 237 g/mol. The Labute approximate surface area is 101 Å². The maximum atomic E-state index is 5.82. The lowest BCUT2D eigenvalue weighted by atomic mass is 10.3. The zero-order valence-electron chi connectivity index (χ0n) is 9.62. The van der Waals surface area contributed by atoms with Gasteiger partial charge in [-0.2, -0.15) is 0 Å². The number of para-hydroxylation sites is 2. The van der Waals surface area contributed by atoms with Gasteiger partial charge in [0, 0.05) is 18.8 Å². The van der Waals surface area contributed by atoms with Crippen LogP contribution < -0.4 is 0 Å². The fourth-order valence-electron chi connectivity index (χ4n) is 1.97. The summed E-state index contributed by atoms with van der Waals surface area (Å²) in [5.41, 5.74) is 2.31. The van der Waals surface area contributed by atoms with Crippen LogP contribution in [0.15, 0.2) is 24.3 Å². The molecule has 2 rings (SSSR count). The van der Waals surface area contributed by atoms with Crippen LogP contribution in [0.1, 0.15) is 25.6 Å². The first-order chi connectivity index (χ1) is 7.86. The number of aryl methyl sites for hydroxylation is 2. The molecule has 16 heavy (non-hydrogen) atoms. The molecule has 3 heteroatoms. The molecule has 0 aliphatic rings. The number of aromatic nitrogens is 2. The zero-order chi connectivity index (χ0) is 11.4. The van der Waals surface area contributed by atoms with Crippen molar-refractivity contribution in [1.82, 2.24) is 9.55 Å². The minimum absolute atomic E-state index is 0.634. The molecule has 2 aromatic rings. The average Bonchev–Trinajstić information content (AvgIpc) is 2.65. The van der Waals surface area contributed by atoms with Crippen LogP contribution in [0, 0.1) is 0 Å². The summed E-state index contributed by atoms with van der Waals surface area (Å²) in [7, 11) is 0. The van der Waals surface area contributed by atoms with E-state index in [4.69, 9.17) is 11.6 Å². The number of benzene rings is 1. The lowest BCUT2D eigenvalue weighted by molar-refractivity contribution is 0.620. The van der Waals surface area contributed by atoms with Crippen LogP contribution in [0.25, 0.3) is 11.0 Å². The molecule has 2 nitrogen and oxygen atoms in total. The maximum absolute atomic E-state index is 5.82. The number of rotatable bonds is 5. The third kappa shape index (κ3) is 2.22. The molecule has 0 fully saturated rings. The van der Waals surface area contributed by atoms with Crippen LogP contribution in [0.4, 0.5) is 0 Å². The Balaban J connectivity index is 2.42. The van der Waals surface area contributed by atoms with Crippen molar-refractivity contribution in [2.75, 3.05) is 5.88 Å². The highest BCUT2D eigenvalue weighted by Crippen LogP contribution is 2.17. The predicted octanol–water partition coefficient (Wildman–Crippen LogP) is 3.62. The van der Waals surface area contributed by atoms with Crippen molar-refractivity contribution in [2.45, 2.75) is 32.7 Å². The third-order valence-electron chi connectivity index (χ3n) is 2.79. The van der Waals surface area contributed by atoms with Crippen LogP contribution in [0.2, 0.25) is 0 Å². The van der Waals surface area contributed by atoms with Crippen molar-refractivity contribution in [3.63, 3.8) is 0 Å². The van der Waals surface area contributed by atoms with Crippen molar-refractivity contribution in [3.8, 4) is 0 Å². The van der Waals surface area contributed by atoms with Gasteiger partial charge < -0.3 is 4.57 Å². The Morgan fingerprint density at radius 2 is 2.12 bits per heavy atom. The number of imidazole rings is 1. The lowest BCUT2D eigenvalue weighted by Gasteiger charge is -2.07. The highest BCUT2D eigenvalue weighted by atomic mass is 35.5. The molecular formula is C13H17ClN2. The van der Waals surface area contributed by atoms with Gasteiger partial charge in [0.05, 0.1) is 11.0 Å². The van der Waals surface area contributed by atoms with E-state index in [0.29, 0.717) is 5.88 Å². The van der Waals surface area contributed by atoms with Crippen molar-refractivity contribution in [1.29, 1.82) is 0 Å². The Morgan fingerprint density at radius 1 is 1.31 bits per heavy atom. The van der Waals surface area contributed by atoms with E-state index in [0.717, 1.165) is 24.3 Å².